The number of halogens is 4. The lowest BCUT2D eigenvalue weighted by atomic mass is 10.0. The molecule has 0 amide bonds. The van der Waals surface area contributed by atoms with Crippen LogP contribution in [-0.4, -0.2) is 4.57 Å². The molecule has 0 unspecified atom stereocenters. The number of hydrogen-bond donors (Lipinski definition) is 1. The molecule has 0 atom stereocenters. The molecule has 8 heteroatoms. The van der Waals surface area contributed by atoms with Crippen LogP contribution in [0, 0.1) is 20.8 Å². The van der Waals surface area contributed by atoms with E-state index in [9.17, 15) is 0 Å². The Morgan fingerprint density at radius 2 is 1.33 bits per heavy atom. The van der Waals surface area contributed by atoms with Gasteiger partial charge in [-0.3, -0.25) is 0 Å². The fourth-order valence-corrected chi connectivity index (χ4v) is 4.67. The Kier molecular flexibility index (Phi) is 13.1. The van der Waals surface area contributed by atoms with Gasteiger partial charge < -0.3 is 95.9 Å². The molecule has 0 aliphatic carbocycles. The van der Waals surface area contributed by atoms with Gasteiger partial charge >= 0.3 is 0 Å². The Morgan fingerprint density at radius 1 is 0.722 bits per heavy atom. The highest BCUT2D eigenvalue weighted by molar-refractivity contribution is 5.81. The number of aryl methyl sites for hydroxylation is 3. The zero-order chi connectivity index (χ0) is 22.2. The minimum absolute atomic E-state index is 0. The van der Waals surface area contributed by atoms with Crippen LogP contribution in [0.15, 0.2) is 91.1 Å². The molecule has 5 aromatic rings. The number of aromatic nitrogens is 2. The van der Waals surface area contributed by atoms with Gasteiger partial charge in [0, 0.05) is 11.6 Å². The summed E-state index contributed by atoms with van der Waals surface area (Å²) in [6, 6.07) is 29.8. The van der Waals surface area contributed by atoms with E-state index in [1.165, 1.54) is 27.8 Å². The summed E-state index contributed by atoms with van der Waals surface area (Å²) in [5, 5.41) is 3.16. The molecule has 5 rings (SSSR count). The number of pyridine rings is 1. The van der Waals surface area contributed by atoms with Gasteiger partial charge in [-0.15, -0.1) is 0 Å². The Morgan fingerprint density at radius 3 is 2.00 bits per heavy atom. The van der Waals surface area contributed by atoms with Gasteiger partial charge in [0.1, 0.15) is 5.69 Å². The van der Waals surface area contributed by atoms with Crippen LogP contribution < -0.4 is 112 Å². The maximum absolute atomic E-state index is 4.38. The molecule has 0 saturated carbocycles. The van der Waals surface area contributed by atoms with E-state index < -0.39 is 0 Å². The van der Waals surface area contributed by atoms with Crippen molar-refractivity contribution in [3.8, 4) is 16.8 Å². The number of anilines is 2. The van der Waals surface area contributed by atoms with Crippen LogP contribution >= 0.6 is 0 Å². The summed E-state index contributed by atoms with van der Waals surface area (Å²) in [6.07, 6.45) is 2.13. The predicted octanol–water partition coefficient (Wildman–Crippen LogP) is -6.65. The Bertz CT molecular complexity index is 1410. The van der Waals surface area contributed by atoms with Crippen molar-refractivity contribution >= 4 is 22.5 Å². The van der Waals surface area contributed by atoms with Crippen molar-refractivity contribution in [2.45, 2.75) is 20.8 Å². The van der Waals surface area contributed by atoms with Crippen LogP contribution in [0.1, 0.15) is 16.7 Å². The molecule has 0 bridgehead atoms. The van der Waals surface area contributed by atoms with E-state index in [0.29, 0.717) is 0 Å². The molecular weight excluding hydrogens is 900 g/mol. The summed E-state index contributed by atoms with van der Waals surface area (Å²) in [7, 11) is 0. The number of hydrogen-bond acceptors (Lipinski definition) is 1. The van der Waals surface area contributed by atoms with E-state index in [1.54, 1.807) is 0 Å². The smallest absolute Gasteiger partial charge is 0.276 e. The van der Waals surface area contributed by atoms with E-state index in [4.69, 9.17) is 0 Å². The monoisotopic (exact) mass is 928 g/mol. The molecule has 0 saturated heterocycles. The van der Waals surface area contributed by atoms with Crippen molar-refractivity contribution in [2.24, 2.45) is 0 Å². The Balaban J connectivity index is 0.00000162. The standard InChI is InChI=1S/C28H26N4.4HI/c1-19-17-20(2)27(21(3)18-19)32(29)26-14-13-23-15-16-31(28(23)30-26)25-12-8-7-11-24(25)22-9-5-4-6-10-22;;;;/h4-18H,29H2,1-3H3;4*1H/p-2. The number of nitrogens with zero attached hydrogens (tertiary/aromatic N) is 2. The van der Waals surface area contributed by atoms with E-state index in [1.807, 2.05) is 5.01 Å². The predicted molar refractivity (Wildman–Crippen MR) is 131 cm³/mol. The number of H-pyrrole nitrogens is 1. The molecule has 4 nitrogen and oxygen atoms in total. The van der Waals surface area contributed by atoms with Gasteiger partial charge in [-0.05, 0) is 55.7 Å². The van der Waals surface area contributed by atoms with Crippen molar-refractivity contribution < 1.29 is 107 Å². The van der Waals surface area contributed by atoms with E-state index in [2.05, 4.69) is 127 Å². The first-order valence-corrected chi connectivity index (χ1v) is 10.9. The highest BCUT2D eigenvalue weighted by atomic mass is 127. The molecule has 0 spiro atoms. The van der Waals surface area contributed by atoms with Gasteiger partial charge in [-0.25, -0.2) is 15.4 Å². The SMILES string of the molecule is Cc1cc(C)c(N([NH3+])c2ccc3ccn(-c4ccccc4-c4ccccc4)c3[nH+]2)c(C)c1.[I-].[I-].[I-].[I-]. The third kappa shape index (κ3) is 6.53. The lowest BCUT2D eigenvalue weighted by Gasteiger charge is -2.15. The van der Waals surface area contributed by atoms with Crippen LogP contribution in [0.4, 0.5) is 11.5 Å². The highest BCUT2D eigenvalue weighted by Gasteiger charge is 2.22. The van der Waals surface area contributed by atoms with Gasteiger partial charge in [0.05, 0.1) is 11.6 Å². The maximum Gasteiger partial charge on any atom is 0.276 e. The normalized spacial score (nSPS) is 9.89. The number of quaternary nitrogens is 1. The lowest BCUT2D eigenvalue weighted by Crippen LogP contribution is -3.00. The van der Waals surface area contributed by atoms with E-state index in [0.717, 1.165) is 28.2 Å². The van der Waals surface area contributed by atoms with Crippen molar-refractivity contribution in [1.29, 1.82) is 0 Å². The second-order valence-electron chi connectivity index (χ2n) is 8.39. The number of fused-ring (bicyclic) bond motifs is 1. The van der Waals surface area contributed by atoms with Crippen LogP contribution in [0.3, 0.4) is 0 Å². The third-order valence-corrected chi connectivity index (χ3v) is 6.03. The number of aromatic amines is 1. The van der Waals surface area contributed by atoms with Crippen LogP contribution in [-0.2, 0) is 0 Å². The maximum atomic E-state index is 4.38. The summed E-state index contributed by atoms with van der Waals surface area (Å²) >= 11 is 0. The summed E-state index contributed by atoms with van der Waals surface area (Å²) < 4.78 is 2.23. The molecule has 2 heterocycles. The van der Waals surface area contributed by atoms with Gasteiger partial charge in [-0.2, -0.15) is 0 Å². The lowest BCUT2D eigenvalue weighted by molar-refractivity contribution is -0.415. The molecule has 0 aliphatic heterocycles. The van der Waals surface area contributed by atoms with Gasteiger partial charge in [-0.1, -0.05) is 71.2 Å². The number of para-hydroxylation sites is 1. The summed E-state index contributed by atoms with van der Waals surface area (Å²) in [4.78, 5) is 3.65. The van der Waals surface area contributed by atoms with E-state index >= 15 is 0 Å². The summed E-state index contributed by atoms with van der Waals surface area (Å²) in [5.41, 5.74) is 9.41. The molecule has 36 heavy (non-hydrogen) atoms. The Hall–Kier alpha value is -0.970. The first kappa shape index (κ1) is 33.1. The first-order chi connectivity index (χ1) is 15.5. The second kappa shape index (κ2) is 14.3. The van der Waals surface area contributed by atoms with Crippen LogP contribution in [0.25, 0.3) is 27.8 Å². The molecule has 2 aromatic heterocycles. The number of benzene rings is 3. The average Bonchev–Trinajstić information content (AvgIpc) is 3.22. The van der Waals surface area contributed by atoms with Crippen LogP contribution in [0.5, 0.6) is 0 Å². The van der Waals surface area contributed by atoms with Gasteiger partial charge in [0.2, 0.25) is 5.65 Å². The largest absolute Gasteiger partial charge is 1.00 e. The molecule has 0 radical (unpaired) electrons. The fraction of sp³-hybridized carbons (Fsp3) is 0.107. The minimum atomic E-state index is 0. The number of rotatable bonds is 4. The van der Waals surface area contributed by atoms with Gasteiger partial charge in [0.25, 0.3) is 5.82 Å². The summed E-state index contributed by atoms with van der Waals surface area (Å²) in [6.45, 7) is 6.42. The second-order valence-corrected chi connectivity index (χ2v) is 8.39. The fourth-order valence-electron chi connectivity index (χ4n) is 4.67. The summed E-state index contributed by atoms with van der Waals surface area (Å²) in [5.74, 6) is 5.33. The third-order valence-electron chi connectivity index (χ3n) is 6.03. The quantitative estimate of drug-likeness (QED) is 0.142. The molecule has 0 aliphatic rings. The topological polar surface area (TPSA) is 50.0 Å². The minimum Gasteiger partial charge on any atom is -1.00 e. The van der Waals surface area contributed by atoms with E-state index in [-0.39, 0.29) is 95.9 Å². The first-order valence-electron chi connectivity index (χ1n) is 10.9. The number of nitrogens with one attached hydrogen (secondary N) is 1. The van der Waals surface area contributed by atoms with Crippen molar-refractivity contribution in [2.75, 3.05) is 5.01 Å². The van der Waals surface area contributed by atoms with Crippen molar-refractivity contribution in [3.63, 3.8) is 0 Å². The van der Waals surface area contributed by atoms with Crippen molar-refractivity contribution in [3.05, 3.63) is 108 Å². The van der Waals surface area contributed by atoms with Crippen molar-refractivity contribution in [1.82, 2.24) is 4.57 Å². The Labute approximate surface area is 281 Å². The average molecular weight is 928 g/mol. The zero-order valence-corrected chi connectivity index (χ0v) is 28.9. The zero-order valence-electron chi connectivity index (χ0n) is 20.3. The van der Waals surface area contributed by atoms with Gasteiger partial charge in [0.15, 0.2) is 5.69 Å². The molecule has 0 fully saturated rings. The molecule has 3 aromatic carbocycles. The molecule has 190 valence electrons. The highest BCUT2D eigenvalue weighted by Crippen LogP contribution is 2.31. The molecule has 4 N–H and O–H groups in total. The molecular formula is C28H28I4N4-2. The van der Waals surface area contributed by atoms with Crippen LogP contribution in [0.2, 0.25) is 0 Å².